The summed E-state index contributed by atoms with van der Waals surface area (Å²) in [5.74, 6) is 0.919. The second kappa shape index (κ2) is 3.35. The minimum absolute atomic E-state index is 0.00772. The van der Waals surface area contributed by atoms with Crippen LogP contribution < -0.4 is 0 Å². The fourth-order valence-electron chi connectivity index (χ4n) is 0.850. The molecular weight excluding hydrogens is 189 g/mol. The molecule has 4 heteroatoms. The first-order chi connectivity index (χ1) is 5.55. The van der Waals surface area contributed by atoms with E-state index in [2.05, 4.69) is 0 Å². The van der Waals surface area contributed by atoms with Crippen molar-refractivity contribution in [3.05, 3.63) is 41.3 Å². The van der Waals surface area contributed by atoms with E-state index in [9.17, 15) is 13.2 Å². The molecule has 1 rings (SSSR count). The highest BCUT2D eigenvalue weighted by atomic mass is 35.5. The van der Waals surface area contributed by atoms with Gasteiger partial charge in [0.25, 0.3) is 0 Å². The second-order valence-electron chi connectivity index (χ2n) is 2.19. The van der Waals surface area contributed by atoms with Crippen molar-refractivity contribution in [1.29, 1.82) is 0 Å². The molecule has 0 aliphatic carbocycles. The van der Waals surface area contributed by atoms with E-state index in [1.54, 1.807) is 0 Å². The molecule has 0 aliphatic heterocycles. The fraction of sp³-hybridized carbons (Fsp3) is 0.125. The van der Waals surface area contributed by atoms with E-state index in [0.29, 0.717) is 0 Å². The molecule has 0 aliphatic rings. The van der Waals surface area contributed by atoms with E-state index in [0.717, 1.165) is 11.9 Å². The molecule has 12 heavy (non-hydrogen) atoms. The number of benzene rings is 1. The minimum Gasteiger partial charge on any atom is -0.166 e. The van der Waals surface area contributed by atoms with Gasteiger partial charge in [0.1, 0.15) is 0 Å². The van der Waals surface area contributed by atoms with Gasteiger partial charge in [-0.1, -0.05) is 18.2 Å². The number of hydrogen-bond acceptors (Lipinski definition) is 0. The fourth-order valence-corrected chi connectivity index (χ4v) is 1.04. The Hall–Kier alpha value is -0.700. The van der Waals surface area contributed by atoms with Crippen molar-refractivity contribution in [2.45, 2.75) is 6.18 Å². The molecule has 0 fully saturated rings. The van der Waals surface area contributed by atoms with Crippen LogP contribution in [0.15, 0.2) is 24.3 Å². The van der Waals surface area contributed by atoms with Gasteiger partial charge in [-0.2, -0.15) is 13.2 Å². The van der Waals surface area contributed by atoms with Gasteiger partial charge in [0, 0.05) is 0 Å². The lowest BCUT2D eigenvalue weighted by Gasteiger charge is -2.09. The Morgan fingerprint density at radius 3 is 2.17 bits per heavy atom. The summed E-state index contributed by atoms with van der Waals surface area (Å²) < 4.78 is 36.5. The molecule has 1 aromatic rings. The van der Waals surface area contributed by atoms with Gasteiger partial charge in [0.05, 0.1) is 11.4 Å². The van der Waals surface area contributed by atoms with Gasteiger partial charge >= 0.3 is 6.18 Å². The van der Waals surface area contributed by atoms with Gasteiger partial charge in [0.2, 0.25) is 0 Å². The zero-order valence-electron chi connectivity index (χ0n) is 5.90. The Kier molecular flexibility index (Phi) is 2.62. The predicted molar refractivity (Wildman–Crippen MR) is 40.7 cm³/mol. The topological polar surface area (TPSA) is 0 Å². The zero-order chi connectivity index (χ0) is 9.19. The second-order valence-corrected chi connectivity index (χ2v) is 2.41. The Morgan fingerprint density at radius 1 is 1.17 bits per heavy atom. The van der Waals surface area contributed by atoms with Crippen LogP contribution in [0.3, 0.4) is 0 Å². The zero-order valence-corrected chi connectivity index (χ0v) is 6.65. The van der Waals surface area contributed by atoms with Gasteiger partial charge < -0.3 is 0 Å². The van der Waals surface area contributed by atoms with E-state index in [4.69, 9.17) is 11.6 Å². The first-order valence-corrected chi connectivity index (χ1v) is 3.59. The van der Waals surface area contributed by atoms with Gasteiger partial charge in [-0.25, -0.2) is 0 Å². The maximum Gasteiger partial charge on any atom is 0.416 e. The highest BCUT2D eigenvalue weighted by molar-refractivity contribution is 6.25. The van der Waals surface area contributed by atoms with Crippen LogP contribution in [-0.2, 0) is 6.18 Å². The number of halogens is 4. The van der Waals surface area contributed by atoms with Crippen molar-refractivity contribution in [3.8, 4) is 0 Å². The summed E-state index contributed by atoms with van der Waals surface area (Å²) >= 11 is 5.21. The first-order valence-electron chi connectivity index (χ1n) is 3.15. The average Bonchev–Trinajstić information content (AvgIpc) is 2.03. The molecule has 1 aromatic carbocycles. The van der Waals surface area contributed by atoms with Gasteiger partial charge in [0.15, 0.2) is 0 Å². The molecule has 0 amide bonds. The molecular formula is C8H5ClF3. The normalized spacial score (nSPS) is 11.7. The van der Waals surface area contributed by atoms with Crippen molar-refractivity contribution in [3.63, 3.8) is 0 Å². The quantitative estimate of drug-likeness (QED) is 0.641. The van der Waals surface area contributed by atoms with Crippen molar-refractivity contribution >= 4 is 11.6 Å². The van der Waals surface area contributed by atoms with E-state index < -0.39 is 11.7 Å². The first kappa shape index (κ1) is 9.39. The van der Waals surface area contributed by atoms with Crippen LogP contribution >= 0.6 is 11.6 Å². The smallest absolute Gasteiger partial charge is 0.166 e. The van der Waals surface area contributed by atoms with Crippen molar-refractivity contribution in [2.24, 2.45) is 0 Å². The van der Waals surface area contributed by atoms with Crippen LogP contribution in [0.1, 0.15) is 11.1 Å². The average molecular weight is 194 g/mol. The molecule has 0 saturated heterocycles. The summed E-state index contributed by atoms with van der Waals surface area (Å²) in [6.45, 7) is 0. The summed E-state index contributed by atoms with van der Waals surface area (Å²) in [5.41, 5.74) is -0.716. The largest absolute Gasteiger partial charge is 0.416 e. The summed E-state index contributed by atoms with van der Waals surface area (Å²) in [7, 11) is 0. The lowest BCUT2D eigenvalue weighted by atomic mass is 10.1. The summed E-state index contributed by atoms with van der Waals surface area (Å²) in [6, 6.07) is 5.14. The minimum atomic E-state index is -4.33. The molecule has 0 saturated carbocycles. The van der Waals surface area contributed by atoms with E-state index >= 15 is 0 Å². The predicted octanol–water partition coefficient (Wildman–Crippen LogP) is 3.45. The van der Waals surface area contributed by atoms with Crippen LogP contribution in [0.25, 0.3) is 0 Å². The molecule has 0 unspecified atom stereocenters. The summed E-state index contributed by atoms with van der Waals surface area (Å²) in [5, 5.41) is 0. The van der Waals surface area contributed by atoms with Crippen LogP contribution in [-0.4, -0.2) is 0 Å². The molecule has 0 nitrogen and oxygen atoms in total. The lowest BCUT2D eigenvalue weighted by Crippen LogP contribution is -2.07. The number of rotatable bonds is 1. The highest BCUT2D eigenvalue weighted by Gasteiger charge is 2.32. The monoisotopic (exact) mass is 193 g/mol. The summed E-state index contributed by atoms with van der Waals surface area (Å²) in [4.78, 5) is 0. The third-order valence-corrected chi connectivity index (χ3v) is 1.62. The van der Waals surface area contributed by atoms with Gasteiger partial charge in [-0.15, -0.1) is 11.6 Å². The van der Waals surface area contributed by atoms with Crippen molar-refractivity contribution in [2.75, 3.05) is 0 Å². The third kappa shape index (κ3) is 1.91. The Labute approximate surface area is 73.0 Å². The van der Waals surface area contributed by atoms with Crippen LogP contribution in [0.2, 0.25) is 0 Å². The molecule has 65 valence electrons. The molecule has 0 bridgehead atoms. The lowest BCUT2D eigenvalue weighted by molar-refractivity contribution is -0.137. The molecule has 0 atom stereocenters. The Morgan fingerprint density at radius 2 is 1.75 bits per heavy atom. The molecule has 0 N–H and O–H groups in total. The Balaban J connectivity index is 3.14. The maximum atomic E-state index is 12.2. The molecule has 1 radical (unpaired) electrons. The van der Waals surface area contributed by atoms with Crippen LogP contribution in [0.4, 0.5) is 13.2 Å². The molecule has 0 aromatic heterocycles. The third-order valence-electron chi connectivity index (χ3n) is 1.38. The van der Waals surface area contributed by atoms with Gasteiger partial charge in [-0.3, -0.25) is 0 Å². The van der Waals surface area contributed by atoms with Crippen LogP contribution in [0, 0.1) is 5.88 Å². The van der Waals surface area contributed by atoms with E-state index in [-0.39, 0.29) is 5.56 Å². The van der Waals surface area contributed by atoms with E-state index in [1.165, 1.54) is 18.2 Å². The van der Waals surface area contributed by atoms with Crippen molar-refractivity contribution < 1.29 is 13.2 Å². The van der Waals surface area contributed by atoms with Gasteiger partial charge in [-0.05, 0) is 11.6 Å². The standard InChI is InChI=1S/C8H5ClF3/c9-5-6-3-1-2-4-7(6)8(10,11)12/h1-5H. The molecule has 0 heterocycles. The van der Waals surface area contributed by atoms with E-state index in [1.807, 2.05) is 0 Å². The highest BCUT2D eigenvalue weighted by Crippen LogP contribution is 2.32. The maximum absolute atomic E-state index is 12.2. The van der Waals surface area contributed by atoms with Crippen molar-refractivity contribution in [1.82, 2.24) is 0 Å². The van der Waals surface area contributed by atoms with Crippen LogP contribution in [0.5, 0.6) is 0 Å². The summed E-state index contributed by atoms with van der Waals surface area (Å²) in [6.07, 6.45) is -4.33. The SMILES string of the molecule is FC(F)(F)c1ccccc1[CH]Cl. The number of hydrogen-bond donors (Lipinski definition) is 0. The number of alkyl halides is 3. The Bertz CT molecular complexity index is 267. The molecule has 0 spiro atoms.